The summed E-state index contributed by atoms with van der Waals surface area (Å²) < 4.78 is 21.0. The molecule has 2 rings (SSSR count). The third kappa shape index (κ3) is 3.82. The largest absolute Gasteiger partial charge is 0.394 e. The Bertz CT molecular complexity index is 365. The first-order chi connectivity index (χ1) is 10.9. The van der Waals surface area contributed by atoms with Crippen molar-refractivity contribution in [3.8, 4) is 0 Å². The van der Waals surface area contributed by atoms with Gasteiger partial charge in [0.15, 0.2) is 6.29 Å². The quantitative estimate of drug-likeness (QED) is 0.291. The van der Waals surface area contributed by atoms with Gasteiger partial charge in [-0.05, 0) is 0 Å². The molecule has 2 fully saturated rings. The van der Waals surface area contributed by atoms with E-state index in [2.05, 4.69) is 0 Å². The standard InChI is InChI=1S/C13H24O10/c1-20-11-7(3-15)22-13(10(19)9(11)18)23-12-6(2-14)21-4-5(16)8(12)17/h5-19H,2-4H2,1H3/t5-,6+,7+,8+,9+,10+,11+,12+,13+/m0/s1. The van der Waals surface area contributed by atoms with Crippen LogP contribution in [0.25, 0.3) is 0 Å². The second-order valence-corrected chi connectivity index (χ2v) is 5.62. The molecule has 2 heterocycles. The zero-order chi connectivity index (χ0) is 17.1. The van der Waals surface area contributed by atoms with Gasteiger partial charge in [0.05, 0.1) is 19.8 Å². The molecule has 6 N–H and O–H groups in total. The van der Waals surface area contributed by atoms with Crippen LogP contribution in [0.5, 0.6) is 0 Å². The highest BCUT2D eigenvalue weighted by atomic mass is 16.7. The van der Waals surface area contributed by atoms with Crippen molar-refractivity contribution in [1.29, 1.82) is 0 Å². The first-order valence-corrected chi connectivity index (χ1v) is 7.33. The van der Waals surface area contributed by atoms with Gasteiger partial charge in [-0.3, -0.25) is 0 Å². The Kier molecular flexibility index (Phi) is 6.68. The fourth-order valence-corrected chi connectivity index (χ4v) is 2.79. The molecule has 0 spiro atoms. The topological polar surface area (TPSA) is 158 Å². The van der Waals surface area contributed by atoms with Gasteiger partial charge in [-0.25, -0.2) is 0 Å². The highest BCUT2D eigenvalue weighted by Gasteiger charge is 2.48. The SMILES string of the molecule is CO[C@H]1[C@H](O)[C@@H](O)[C@@H](O[C@H]2[C@H](O)[C@@H](O)CO[C@@H]2CO)O[C@@H]1CO. The molecule has 2 aliphatic heterocycles. The van der Waals surface area contributed by atoms with Crippen LogP contribution in [0.3, 0.4) is 0 Å². The van der Waals surface area contributed by atoms with Gasteiger partial charge >= 0.3 is 0 Å². The first-order valence-electron chi connectivity index (χ1n) is 7.33. The number of hydrogen-bond acceptors (Lipinski definition) is 10. The third-order valence-corrected chi connectivity index (χ3v) is 4.14. The molecule has 0 aliphatic carbocycles. The number of hydrogen-bond donors (Lipinski definition) is 6. The molecule has 0 radical (unpaired) electrons. The van der Waals surface area contributed by atoms with Gasteiger partial charge in [-0.15, -0.1) is 0 Å². The number of aliphatic hydroxyl groups is 6. The minimum Gasteiger partial charge on any atom is -0.394 e. The van der Waals surface area contributed by atoms with Crippen molar-refractivity contribution in [1.82, 2.24) is 0 Å². The van der Waals surface area contributed by atoms with E-state index in [1.807, 2.05) is 0 Å². The molecule has 0 bridgehead atoms. The fraction of sp³-hybridized carbons (Fsp3) is 1.00. The Labute approximate surface area is 132 Å². The maximum Gasteiger partial charge on any atom is 0.187 e. The van der Waals surface area contributed by atoms with Crippen LogP contribution >= 0.6 is 0 Å². The second kappa shape index (κ2) is 8.12. The van der Waals surface area contributed by atoms with Gasteiger partial charge in [0.2, 0.25) is 0 Å². The number of methoxy groups -OCH3 is 1. The molecule has 136 valence electrons. The lowest BCUT2D eigenvalue weighted by Gasteiger charge is -2.45. The summed E-state index contributed by atoms with van der Waals surface area (Å²) in [7, 11) is 1.30. The Morgan fingerprint density at radius 1 is 0.913 bits per heavy atom. The molecule has 0 amide bonds. The Morgan fingerprint density at radius 2 is 1.57 bits per heavy atom. The first kappa shape index (κ1) is 18.9. The zero-order valence-corrected chi connectivity index (χ0v) is 12.6. The lowest BCUT2D eigenvalue weighted by atomic mass is 9.97. The van der Waals surface area contributed by atoms with Crippen molar-refractivity contribution in [3.05, 3.63) is 0 Å². The van der Waals surface area contributed by atoms with Crippen molar-refractivity contribution < 1.29 is 49.6 Å². The van der Waals surface area contributed by atoms with Crippen LogP contribution in [-0.2, 0) is 18.9 Å². The third-order valence-electron chi connectivity index (χ3n) is 4.14. The van der Waals surface area contributed by atoms with Gasteiger partial charge in [-0.1, -0.05) is 0 Å². The van der Waals surface area contributed by atoms with Crippen molar-refractivity contribution in [2.24, 2.45) is 0 Å². The summed E-state index contributed by atoms with van der Waals surface area (Å²) in [6.45, 7) is -1.14. The molecule has 0 aromatic rings. The van der Waals surface area contributed by atoms with Crippen molar-refractivity contribution in [2.75, 3.05) is 26.9 Å². The molecular weight excluding hydrogens is 316 g/mol. The monoisotopic (exact) mass is 340 g/mol. The zero-order valence-electron chi connectivity index (χ0n) is 12.6. The van der Waals surface area contributed by atoms with Gasteiger partial charge < -0.3 is 49.6 Å². The summed E-state index contributed by atoms with van der Waals surface area (Å²) in [4.78, 5) is 0. The molecule has 23 heavy (non-hydrogen) atoms. The summed E-state index contributed by atoms with van der Waals surface area (Å²) in [5.74, 6) is 0. The van der Waals surface area contributed by atoms with E-state index in [1.165, 1.54) is 7.11 Å². The lowest BCUT2D eigenvalue weighted by Crippen LogP contribution is -2.63. The minimum atomic E-state index is -1.52. The van der Waals surface area contributed by atoms with E-state index in [0.29, 0.717) is 0 Å². The molecular formula is C13H24O10. The van der Waals surface area contributed by atoms with Crippen LogP contribution in [0.15, 0.2) is 0 Å². The van der Waals surface area contributed by atoms with Crippen molar-refractivity contribution in [3.63, 3.8) is 0 Å². The smallest absolute Gasteiger partial charge is 0.187 e. The molecule has 2 aliphatic rings. The summed E-state index contributed by atoms with van der Waals surface area (Å²) in [5, 5.41) is 58.4. The maximum atomic E-state index is 10.1. The summed E-state index contributed by atoms with van der Waals surface area (Å²) in [6, 6.07) is 0. The van der Waals surface area contributed by atoms with E-state index >= 15 is 0 Å². The molecule has 10 heteroatoms. The predicted molar refractivity (Wildman–Crippen MR) is 72.3 cm³/mol. The molecule has 9 atom stereocenters. The average Bonchev–Trinajstić information content (AvgIpc) is 2.55. The molecule has 10 nitrogen and oxygen atoms in total. The second-order valence-electron chi connectivity index (χ2n) is 5.62. The van der Waals surface area contributed by atoms with Gasteiger partial charge in [0, 0.05) is 7.11 Å². The van der Waals surface area contributed by atoms with Crippen LogP contribution < -0.4 is 0 Å². The van der Waals surface area contributed by atoms with E-state index in [9.17, 15) is 30.6 Å². The minimum absolute atomic E-state index is 0.173. The van der Waals surface area contributed by atoms with Crippen LogP contribution in [-0.4, -0.2) is 113 Å². The Hall–Kier alpha value is -0.400. The van der Waals surface area contributed by atoms with E-state index in [1.54, 1.807) is 0 Å². The van der Waals surface area contributed by atoms with E-state index in [0.717, 1.165) is 0 Å². The normalized spacial score (nSPS) is 48.4. The van der Waals surface area contributed by atoms with Crippen molar-refractivity contribution >= 4 is 0 Å². The lowest BCUT2D eigenvalue weighted by molar-refractivity contribution is -0.338. The summed E-state index contributed by atoms with van der Waals surface area (Å²) in [6.07, 6.45) is -11.0. The van der Waals surface area contributed by atoms with Gasteiger partial charge in [0.1, 0.15) is 48.8 Å². The molecule has 0 saturated carbocycles. The highest BCUT2D eigenvalue weighted by Crippen LogP contribution is 2.28. The highest BCUT2D eigenvalue weighted by molar-refractivity contribution is 4.93. The predicted octanol–water partition coefficient (Wildman–Crippen LogP) is -4.06. The van der Waals surface area contributed by atoms with E-state index in [4.69, 9.17) is 18.9 Å². The number of rotatable bonds is 5. The van der Waals surface area contributed by atoms with Gasteiger partial charge in [-0.2, -0.15) is 0 Å². The van der Waals surface area contributed by atoms with E-state index in [-0.39, 0.29) is 6.61 Å². The van der Waals surface area contributed by atoms with Crippen molar-refractivity contribution in [2.45, 2.75) is 55.1 Å². The van der Waals surface area contributed by atoms with E-state index < -0.39 is 68.3 Å². The molecule has 0 aromatic heterocycles. The van der Waals surface area contributed by atoms with Crippen LogP contribution in [0, 0.1) is 0 Å². The van der Waals surface area contributed by atoms with Gasteiger partial charge in [0.25, 0.3) is 0 Å². The average molecular weight is 340 g/mol. The van der Waals surface area contributed by atoms with Crippen LogP contribution in [0.2, 0.25) is 0 Å². The Morgan fingerprint density at radius 3 is 2.13 bits per heavy atom. The molecule has 0 aromatic carbocycles. The number of ether oxygens (including phenoxy) is 4. The molecule has 2 saturated heterocycles. The summed E-state index contributed by atoms with van der Waals surface area (Å²) >= 11 is 0. The maximum absolute atomic E-state index is 10.1. The molecule has 0 unspecified atom stereocenters. The van der Waals surface area contributed by atoms with Crippen LogP contribution in [0.4, 0.5) is 0 Å². The van der Waals surface area contributed by atoms with Crippen LogP contribution in [0.1, 0.15) is 0 Å². The number of aliphatic hydroxyl groups excluding tert-OH is 6. The summed E-state index contributed by atoms with van der Waals surface area (Å²) in [5.41, 5.74) is 0. The fourth-order valence-electron chi connectivity index (χ4n) is 2.79. The Balaban J connectivity index is 2.10.